The number of aromatic nitrogens is 2. The van der Waals surface area contributed by atoms with Crippen LogP contribution in [-0.4, -0.2) is 22.0 Å². The molecule has 35 heavy (non-hydrogen) atoms. The number of amides is 2. The summed E-state index contributed by atoms with van der Waals surface area (Å²) in [6.45, 7) is 4.44. The fourth-order valence-corrected chi connectivity index (χ4v) is 4.76. The Morgan fingerprint density at radius 1 is 1.17 bits per heavy atom. The second-order valence-electron chi connectivity index (χ2n) is 9.02. The van der Waals surface area contributed by atoms with Gasteiger partial charge in [-0.2, -0.15) is 0 Å². The Hall–Kier alpha value is -3.52. The number of carbonyl (C=O) groups is 1. The average Bonchev–Trinajstić information content (AvgIpc) is 3.55. The number of benzene rings is 1. The van der Waals surface area contributed by atoms with E-state index in [-0.39, 0.29) is 17.8 Å². The summed E-state index contributed by atoms with van der Waals surface area (Å²) in [5, 5.41) is 5.46. The molecular formula is C27H27FN4O2S. The van der Waals surface area contributed by atoms with E-state index in [0.29, 0.717) is 17.4 Å². The Kier molecular flexibility index (Phi) is 6.63. The molecule has 6 nitrogen and oxygen atoms in total. The molecule has 0 radical (unpaired) electrons. The van der Waals surface area contributed by atoms with Crippen molar-refractivity contribution in [1.82, 2.24) is 15.3 Å². The van der Waals surface area contributed by atoms with Gasteiger partial charge in [-0.25, -0.2) is 9.18 Å². The molecular weight excluding hydrogens is 463 g/mol. The van der Waals surface area contributed by atoms with E-state index < -0.39 is 5.82 Å². The first-order chi connectivity index (χ1) is 17.0. The highest BCUT2D eigenvalue weighted by molar-refractivity contribution is 7.22. The van der Waals surface area contributed by atoms with Gasteiger partial charge >= 0.3 is 6.03 Å². The van der Waals surface area contributed by atoms with Crippen LogP contribution in [0, 0.1) is 11.7 Å². The lowest BCUT2D eigenvalue weighted by Crippen LogP contribution is -2.30. The van der Waals surface area contributed by atoms with E-state index >= 15 is 0 Å². The molecule has 5 rings (SSSR count). The fraction of sp³-hybridized carbons (Fsp3) is 0.296. The second kappa shape index (κ2) is 10.00. The van der Waals surface area contributed by atoms with E-state index in [4.69, 9.17) is 4.74 Å². The third-order valence-corrected chi connectivity index (χ3v) is 7.22. The van der Waals surface area contributed by atoms with Crippen LogP contribution in [0.3, 0.4) is 0 Å². The number of pyridine rings is 2. The summed E-state index contributed by atoms with van der Waals surface area (Å²) in [7, 11) is 0. The molecule has 1 aliphatic carbocycles. The van der Waals surface area contributed by atoms with Gasteiger partial charge in [-0.15, -0.1) is 11.3 Å². The van der Waals surface area contributed by atoms with Crippen LogP contribution in [0.15, 0.2) is 54.9 Å². The first-order valence-electron chi connectivity index (χ1n) is 11.9. The van der Waals surface area contributed by atoms with E-state index in [1.807, 2.05) is 18.3 Å². The summed E-state index contributed by atoms with van der Waals surface area (Å²) >= 11 is 1.51. The summed E-state index contributed by atoms with van der Waals surface area (Å²) in [6, 6.07) is 12.1. The molecule has 180 valence electrons. The Labute approximate surface area is 207 Å². The van der Waals surface area contributed by atoms with Crippen LogP contribution in [0.25, 0.3) is 20.8 Å². The normalized spacial score (nSPS) is 14.0. The lowest BCUT2D eigenvalue weighted by molar-refractivity contribution is 0.251. The fourth-order valence-electron chi connectivity index (χ4n) is 3.72. The minimum Gasteiger partial charge on any atom is -0.453 e. The van der Waals surface area contributed by atoms with Crippen LogP contribution in [-0.2, 0) is 6.42 Å². The smallest absolute Gasteiger partial charge is 0.319 e. The van der Waals surface area contributed by atoms with Crippen molar-refractivity contribution in [2.75, 3.05) is 5.32 Å². The number of nitrogens with zero attached hydrogens (tertiary/aromatic N) is 2. The lowest BCUT2D eigenvalue weighted by atomic mass is 10.00. The summed E-state index contributed by atoms with van der Waals surface area (Å²) in [5.41, 5.74) is 3.24. The number of hydrogen-bond donors (Lipinski definition) is 2. The third-order valence-electron chi connectivity index (χ3n) is 6.06. The number of nitrogens with one attached hydrogen (secondary N) is 2. The molecule has 8 heteroatoms. The predicted molar refractivity (Wildman–Crippen MR) is 138 cm³/mol. The van der Waals surface area contributed by atoms with Crippen LogP contribution >= 0.6 is 11.3 Å². The van der Waals surface area contributed by atoms with Crippen LogP contribution < -0.4 is 15.4 Å². The Morgan fingerprint density at radius 3 is 2.74 bits per heavy atom. The van der Waals surface area contributed by atoms with Crippen molar-refractivity contribution in [2.24, 2.45) is 5.92 Å². The Morgan fingerprint density at radius 2 is 2.03 bits per heavy atom. The summed E-state index contributed by atoms with van der Waals surface area (Å²) in [6.07, 6.45) is 7.71. The van der Waals surface area contributed by atoms with Gasteiger partial charge in [-0.3, -0.25) is 9.97 Å². The highest BCUT2D eigenvalue weighted by Gasteiger charge is 2.23. The van der Waals surface area contributed by atoms with Gasteiger partial charge in [0, 0.05) is 36.3 Å². The topological polar surface area (TPSA) is 76.1 Å². The molecule has 1 unspecified atom stereocenters. The molecule has 4 aromatic rings. The van der Waals surface area contributed by atoms with Crippen molar-refractivity contribution in [2.45, 2.75) is 45.6 Å². The number of ether oxygens (including phenoxy) is 1. The van der Waals surface area contributed by atoms with Crippen molar-refractivity contribution in [3.63, 3.8) is 0 Å². The SMILES string of the molecule is CCC(C)Cc1ccc(-c2cc3nccc(Oc4ccc(NC(=O)NC5CC5)cc4F)c3s2)nc1. The summed E-state index contributed by atoms with van der Waals surface area (Å²) in [4.78, 5) is 22.0. The second-order valence-corrected chi connectivity index (χ2v) is 10.1. The van der Waals surface area contributed by atoms with Crippen molar-refractivity contribution in [3.05, 3.63) is 66.2 Å². The number of fused-ring (bicyclic) bond motifs is 1. The number of carbonyl (C=O) groups excluding carboxylic acids is 1. The number of thiophene rings is 1. The molecule has 2 N–H and O–H groups in total. The first-order valence-corrected chi connectivity index (χ1v) is 12.7. The molecule has 2 amide bonds. The maximum Gasteiger partial charge on any atom is 0.319 e. The molecule has 1 aromatic carbocycles. The quantitative estimate of drug-likeness (QED) is 0.275. The van der Waals surface area contributed by atoms with Crippen LogP contribution in [0.1, 0.15) is 38.7 Å². The molecule has 3 heterocycles. The van der Waals surface area contributed by atoms with Crippen molar-refractivity contribution >= 4 is 33.3 Å². The highest BCUT2D eigenvalue weighted by Crippen LogP contribution is 2.39. The molecule has 0 spiro atoms. The monoisotopic (exact) mass is 490 g/mol. The molecule has 0 saturated heterocycles. The maximum atomic E-state index is 14.8. The van der Waals surface area contributed by atoms with Gasteiger partial charge in [0.25, 0.3) is 0 Å². The minimum atomic E-state index is -0.561. The van der Waals surface area contributed by atoms with Gasteiger partial charge < -0.3 is 15.4 Å². The van der Waals surface area contributed by atoms with Crippen molar-refractivity contribution in [3.8, 4) is 22.1 Å². The Bertz CT molecular complexity index is 1350. The molecule has 3 aromatic heterocycles. The molecule has 1 fully saturated rings. The van der Waals surface area contributed by atoms with E-state index in [1.54, 1.807) is 18.3 Å². The lowest BCUT2D eigenvalue weighted by Gasteiger charge is -2.10. The molecule has 0 bridgehead atoms. The summed E-state index contributed by atoms with van der Waals surface area (Å²) < 4.78 is 21.5. The van der Waals surface area contributed by atoms with Crippen LogP contribution in [0.2, 0.25) is 0 Å². The van der Waals surface area contributed by atoms with Gasteiger partial charge in [0.15, 0.2) is 11.6 Å². The molecule has 1 atom stereocenters. The van der Waals surface area contributed by atoms with Gasteiger partial charge in [0.1, 0.15) is 5.75 Å². The zero-order valence-electron chi connectivity index (χ0n) is 19.7. The predicted octanol–water partition coefficient (Wildman–Crippen LogP) is 7.16. The minimum absolute atomic E-state index is 0.0770. The molecule has 0 aliphatic heterocycles. The number of urea groups is 1. The number of rotatable bonds is 8. The van der Waals surface area contributed by atoms with Gasteiger partial charge in [-0.05, 0) is 55.0 Å². The van der Waals surface area contributed by atoms with E-state index in [1.165, 1.54) is 29.0 Å². The van der Waals surface area contributed by atoms with E-state index in [9.17, 15) is 9.18 Å². The number of anilines is 1. The molecule has 1 saturated carbocycles. The zero-order chi connectivity index (χ0) is 24.4. The largest absolute Gasteiger partial charge is 0.453 e. The van der Waals surface area contributed by atoms with Gasteiger partial charge in [0.05, 0.1) is 20.8 Å². The van der Waals surface area contributed by atoms with Gasteiger partial charge in [0.2, 0.25) is 0 Å². The third kappa shape index (κ3) is 5.59. The van der Waals surface area contributed by atoms with Gasteiger partial charge in [-0.1, -0.05) is 26.3 Å². The highest BCUT2D eigenvalue weighted by atomic mass is 32.1. The number of halogens is 1. The average molecular weight is 491 g/mol. The van der Waals surface area contributed by atoms with Crippen LogP contribution in [0.4, 0.5) is 14.9 Å². The maximum absolute atomic E-state index is 14.8. The van der Waals surface area contributed by atoms with Crippen molar-refractivity contribution < 1.29 is 13.9 Å². The zero-order valence-corrected chi connectivity index (χ0v) is 20.5. The van der Waals surface area contributed by atoms with E-state index in [2.05, 4.69) is 40.5 Å². The summed E-state index contributed by atoms with van der Waals surface area (Å²) in [5.74, 6) is 0.661. The standard InChI is InChI=1S/C27H27FN4O2S/c1-3-16(2)12-17-4-8-21(30-15-17)25-14-22-26(35-25)24(10-11-29-22)34-23-9-7-19(13-20(23)28)32-27(33)31-18-5-6-18/h4,7-11,13-16,18H,3,5-6,12H2,1-2H3,(H2,31,32,33). The van der Waals surface area contributed by atoms with E-state index in [0.717, 1.165) is 46.5 Å². The van der Waals surface area contributed by atoms with Crippen molar-refractivity contribution in [1.29, 1.82) is 0 Å². The number of hydrogen-bond acceptors (Lipinski definition) is 5. The molecule has 1 aliphatic rings. The Balaban J connectivity index is 1.33. The van der Waals surface area contributed by atoms with Crippen LogP contribution in [0.5, 0.6) is 11.5 Å². The first kappa shape index (κ1) is 23.2.